The van der Waals surface area contributed by atoms with Crippen molar-refractivity contribution in [3.8, 4) is 0 Å². The lowest BCUT2D eigenvalue weighted by Crippen LogP contribution is -2.54. The molecule has 1 aliphatic rings. The summed E-state index contributed by atoms with van der Waals surface area (Å²) in [7, 11) is 0. The van der Waals surface area contributed by atoms with E-state index in [-0.39, 0.29) is 11.2 Å². The fourth-order valence-electron chi connectivity index (χ4n) is 1.97. The molecule has 2 rings (SSSR count). The first-order chi connectivity index (χ1) is 7.68. The van der Waals surface area contributed by atoms with Crippen molar-refractivity contribution >= 4 is 15.9 Å². The Kier molecular flexibility index (Phi) is 3.62. The van der Waals surface area contributed by atoms with Gasteiger partial charge >= 0.3 is 0 Å². The zero-order valence-corrected chi connectivity index (χ0v) is 10.8. The number of halogens is 2. The Morgan fingerprint density at radius 2 is 2.25 bits per heavy atom. The third-order valence-electron chi connectivity index (χ3n) is 2.97. The molecular formula is C12H15BrFNO. The SMILES string of the molecule is CCNCC1(c2cc(Br)ccc2F)COC1. The number of rotatable bonds is 4. The maximum absolute atomic E-state index is 13.8. The molecule has 2 nitrogen and oxygen atoms in total. The fraction of sp³-hybridized carbons (Fsp3) is 0.500. The zero-order chi connectivity index (χ0) is 11.6. The van der Waals surface area contributed by atoms with E-state index in [0.29, 0.717) is 13.2 Å². The molecule has 0 unspecified atom stereocenters. The van der Waals surface area contributed by atoms with Crippen LogP contribution in [0.25, 0.3) is 0 Å². The normalized spacial score (nSPS) is 18.2. The minimum atomic E-state index is -0.191. The standard InChI is InChI=1S/C12H15BrFNO/c1-2-15-6-12(7-16-8-12)10-5-9(13)3-4-11(10)14/h3-5,15H,2,6-8H2,1H3. The van der Waals surface area contributed by atoms with Crippen LogP contribution in [0.4, 0.5) is 4.39 Å². The molecule has 1 saturated heterocycles. The lowest BCUT2D eigenvalue weighted by atomic mass is 9.78. The maximum atomic E-state index is 13.8. The second-order valence-corrected chi connectivity index (χ2v) is 5.09. The quantitative estimate of drug-likeness (QED) is 0.919. The summed E-state index contributed by atoms with van der Waals surface area (Å²) in [5.74, 6) is -0.149. The zero-order valence-electron chi connectivity index (χ0n) is 9.22. The Morgan fingerprint density at radius 3 is 2.81 bits per heavy atom. The van der Waals surface area contributed by atoms with Crippen LogP contribution in [0.15, 0.2) is 22.7 Å². The van der Waals surface area contributed by atoms with Crippen molar-refractivity contribution in [1.82, 2.24) is 5.32 Å². The second kappa shape index (κ2) is 4.82. The molecule has 0 spiro atoms. The van der Waals surface area contributed by atoms with E-state index in [1.54, 1.807) is 6.07 Å². The average Bonchev–Trinajstić information content (AvgIpc) is 2.21. The number of hydrogen-bond donors (Lipinski definition) is 1. The van der Waals surface area contributed by atoms with Crippen LogP contribution in [-0.4, -0.2) is 26.3 Å². The highest BCUT2D eigenvalue weighted by atomic mass is 79.9. The van der Waals surface area contributed by atoms with Crippen LogP contribution in [0.3, 0.4) is 0 Å². The predicted octanol–water partition coefficient (Wildman–Crippen LogP) is 2.47. The van der Waals surface area contributed by atoms with Crippen molar-refractivity contribution in [1.29, 1.82) is 0 Å². The van der Waals surface area contributed by atoms with E-state index in [2.05, 4.69) is 21.2 Å². The molecule has 1 N–H and O–H groups in total. The first kappa shape index (κ1) is 12.0. The summed E-state index contributed by atoms with van der Waals surface area (Å²) in [5.41, 5.74) is 0.554. The van der Waals surface area contributed by atoms with E-state index in [9.17, 15) is 4.39 Å². The van der Waals surface area contributed by atoms with Gasteiger partial charge in [0, 0.05) is 16.6 Å². The van der Waals surface area contributed by atoms with Gasteiger partial charge in [0.25, 0.3) is 0 Å². The monoisotopic (exact) mass is 287 g/mol. The van der Waals surface area contributed by atoms with Crippen LogP contribution >= 0.6 is 15.9 Å². The van der Waals surface area contributed by atoms with E-state index in [1.807, 2.05) is 13.0 Å². The molecule has 0 aromatic heterocycles. The Balaban J connectivity index is 2.28. The molecule has 1 aromatic rings. The van der Waals surface area contributed by atoms with E-state index < -0.39 is 0 Å². The Hall–Kier alpha value is -0.450. The van der Waals surface area contributed by atoms with Crippen molar-refractivity contribution in [2.45, 2.75) is 12.3 Å². The maximum Gasteiger partial charge on any atom is 0.127 e. The number of nitrogens with one attached hydrogen (secondary N) is 1. The number of ether oxygens (including phenoxy) is 1. The van der Waals surface area contributed by atoms with Gasteiger partial charge in [-0.3, -0.25) is 0 Å². The van der Waals surface area contributed by atoms with Crippen LogP contribution in [0, 0.1) is 5.82 Å². The number of hydrogen-bond acceptors (Lipinski definition) is 2. The summed E-state index contributed by atoms with van der Waals surface area (Å²) in [6, 6.07) is 5.08. The van der Waals surface area contributed by atoms with Crippen LogP contribution < -0.4 is 5.32 Å². The molecule has 1 aliphatic heterocycles. The molecule has 1 fully saturated rings. The number of likely N-dealkylation sites (N-methyl/N-ethyl adjacent to an activating group) is 1. The number of benzene rings is 1. The molecule has 88 valence electrons. The van der Waals surface area contributed by atoms with Crippen molar-refractivity contribution in [2.24, 2.45) is 0 Å². The molecule has 0 bridgehead atoms. The van der Waals surface area contributed by atoms with Gasteiger partial charge in [0.1, 0.15) is 5.82 Å². The van der Waals surface area contributed by atoms with Crippen molar-refractivity contribution < 1.29 is 9.13 Å². The second-order valence-electron chi connectivity index (χ2n) is 4.18. The van der Waals surface area contributed by atoms with Crippen LogP contribution in [0.1, 0.15) is 12.5 Å². The van der Waals surface area contributed by atoms with Gasteiger partial charge in [-0.2, -0.15) is 0 Å². The summed E-state index contributed by atoms with van der Waals surface area (Å²) in [5, 5.41) is 3.27. The summed E-state index contributed by atoms with van der Waals surface area (Å²) in [6.07, 6.45) is 0. The van der Waals surface area contributed by atoms with E-state index in [1.165, 1.54) is 6.07 Å². The van der Waals surface area contributed by atoms with Gasteiger partial charge in [-0.15, -0.1) is 0 Å². The van der Waals surface area contributed by atoms with Gasteiger partial charge in [-0.25, -0.2) is 4.39 Å². The van der Waals surface area contributed by atoms with E-state index in [0.717, 1.165) is 23.1 Å². The van der Waals surface area contributed by atoms with E-state index >= 15 is 0 Å². The van der Waals surface area contributed by atoms with Gasteiger partial charge in [-0.1, -0.05) is 22.9 Å². The largest absolute Gasteiger partial charge is 0.379 e. The van der Waals surface area contributed by atoms with Gasteiger partial charge in [0.2, 0.25) is 0 Å². The van der Waals surface area contributed by atoms with Crippen molar-refractivity contribution in [3.63, 3.8) is 0 Å². The fourth-order valence-corrected chi connectivity index (χ4v) is 2.33. The van der Waals surface area contributed by atoms with Gasteiger partial charge in [0.15, 0.2) is 0 Å². The summed E-state index contributed by atoms with van der Waals surface area (Å²) < 4.78 is 20.0. The molecule has 0 atom stereocenters. The molecule has 1 aromatic carbocycles. The van der Waals surface area contributed by atoms with Crippen LogP contribution in [0.5, 0.6) is 0 Å². The van der Waals surface area contributed by atoms with Crippen molar-refractivity contribution in [3.05, 3.63) is 34.1 Å². The molecule has 0 aliphatic carbocycles. The first-order valence-corrected chi connectivity index (χ1v) is 6.21. The van der Waals surface area contributed by atoms with Crippen LogP contribution in [-0.2, 0) is 10.2 Å². The summed E-state index contributed by atoms with van der Waals surface area (Å²) in [4.78, 5) is 0. The smallest absolute Gasteiger partial charge is 0.127 e. The lowest BCUT2D eigenvalue weighted by Gasteiger charge is -2.42. The highest BCUT2D eigenvalue weighted by Gasteiger charge is 2.41. The van der Waals surface area contributed by atoms with Gasteiger partial charge in [0.05, 0.1) is 18.6 Å². The summed E-state index contributed by atoms with van der Waals surface area (Å²) in [6.45, 7) is 4.87. The van der Waals surface area contributed by atoms with E-state index in [4.69, 9.17) is 4.74 Å². The highest BCUT2D eigenvalue weighted by Crippen LogP contribution is 2.34. The third kappa shape index (κ3) is 2.14. The highest BCUT2D eigenvalue weighted by molar-refractivity contribution is 9.10. The first-order valence-electron chi connectivity index (χ1n) is 5.42. The third-order valence-corrected chi connectivity index (χ3v) is 3.46. The van der Waals surface area contributed by atoms with Crippen molar-refractivity contribution in [2.75, 3.05) is 26.3 Å². The average molecular weight is 288 g/mol. The minimum absolute atomic E-state index is 0.149. The molecule has 1 heterocycles. The molecule has 0 radical (unpaired) electrons. The minimum Gasteiger partial charge on any atom is -0.379 e. The summed E-state index contributed by atoms with van der Waals surface area (Å²) >= 11 is 3.38. The Labute approximate surface area is 103 Å². The molecule has 0 amide bonds. The molecule has 0 saturated carbocycles. The van der Waals surface area contributed by atoms with Crippen LogP contribution in [0.2, 0.25) is 0 Å². The predicted molar refractivity (Wildman–Crippen MR) is 65.1 cm³/mol. The molecule has 4 heteroatoms. The lowest BCUT2D eigenvalue weighted by molar-refractivity contribution is -0.0604. The topological polar surface area (TPSA) is 21.3 Å². The van der Waals surface area contributed by atoms with Gasteiger partial charge < -0.3 is 10.1 Å². The molecular weight excluding hydrogens is 273 g/mol. The molecule has 16 heavy (non-hydrogen) atoms. The Bertz CT molecular complexity index is 379. The van der Waals surface area contributed by atoms with Gasteiger partial charge in [-0.05, 0) is 24.7 Å². The Morgan fingerprint density at radius 1 is 1.50 bits per heavy atom.